The Morgan fingerprint density at radius 3 is 2.82 bits per heavy atom. The second-order valence-corrected chi connectivity index (χ2v) is 3.63. The molecule has 0 bridgehead atoms. The molecule has 0 saturated heterocycles. The zero-order valence-corrected chi connectivity index (χ0v) is 9.83. The minimum absolute atomic E-state index is 0.400. The lowest BCUT2D eigenvalue weighted by atomic mass is 10.3. The standard InChI is InChI=1S/C10H16N4O3/c1-8(9(15)16)13(2)10(17)11-5-7-14-6-3-4-12-14/h3-4,6,8H,5,7H2,1-2H3,(H,11,17)(H,15,16). The van der Waals surface area contributed by atoms with E-state index in [-0.39, 0.29) is 0 Å². The van der Waals surface area contributed by atoms with Gasteiger partial charge in [-0.15, -0.1) is 0 Å². The van der Waals surface area contributed by atoms with Gasteiger partial charge >= 0.3 is 12.0 Å². The maximum absolute atomic E-state index is 11.5. The van der Waals surface area contributed by atoms with E-state index < -0.39 is 18.0 Å². The van der Waals surface area contributed by atoms with Gasteiger partial charge in [-0.2, -0.15) is 5.10 Å². The Bertz CT molecular complexity index is 377. The molecule has 0 aliphatic rings. The zero-order chi connectivity index (χ0) is 12.8. The lowest BCUT2D eigenvalue weighted by Crippen LogP contribution is -2.46. The van der Waals surface area contributed by atoms with Crippen LogP contribution in [0.3, 0.4) is 0 Å². The minimum atomic E-state index is -1.03. The predicted molar refractivity (Wildman–Crippen MR) is 60.5 cm³/mol. The van der Waals surface area contributed by atoms with Crippen molar-refractivity contribution in [3.8, 4) is 0 Å². The topological polar surface area (TPSA) is 87.5 Å². The summed E-state index contributed by atoms with van der Waals surface area (Å²) in [4.78, 5) is 23.4. The molecule has 0 aromatic carbocycles. The van der Waals surface area contributed by atoms with Crippen LogP contribution in [0.4, 0.5) is 4.79 Å². The van der Waals surface area contributed by atoms with Gasteiger partial charge in [-0.3, -0.25) is 4.68 Å². The molecule has 7 heteroatoms. The number of hydrogen-bond donors (Lipinski definition) is 2. The number of carboxylic acid groups (broad SMARTS) is 1. The molecule has 1 atom stereocenters. The Morgan fingerprint density at radius 2 is 2.29 bits per heavy atom. The summed E-state index contributed by atoms with van der Waals surface area (Å²) in [5, 5.41) is 15.3. The summed E-state index contributed by atoms with van der Waals surface area (Å²) < 4.78 is 1.68. The van der Waals surface area contributed by atoms with Crippen LogP contribution in [0.15, 0.2) is 18.5 Å². The number of hydrogen-bond acceptors (Lipinski definition) is 3. The number of urea groups is 1. The molecule has 0 spiro atoms. The minimum Gasteiger partial charge on any atom is -0.480 e. The third-order valence-electron chi connectivity index (χ3n) is 2.44. The third kappa shape index (κ3) is 3.78. The van der Waals surface area contributed by atoms with E-state index >= 15 is 0 Å². The summed E-state index contributed by atoms with van der Waals surface area (Å²) in [6.45, 7) is 2.40. The first-order valence-electron chi connectivity index (χ1n) is 5.23. The predicted octanol–water partition coefficient (Wildman–Crippen LogP) is -0.00240. The van der Waals surface area contributed by atoms with Gasteiger partial charge in [-0.05, 0) is 13.0 Å². The van der Waals surface area contributed by atoms with E-state index in [4.69, 9.17) is 5.11 Å². The summed E-state index contributed by atoms with van der Waals surface area (Å²) in [5.41, 5.74) is 0. The van der Waals surface area contributed by atoms with Crippen LogP contribution in [0, 0.1) is 0 Å². The average Bonchev–Trinajstić information content (AvgIpc) is 2.79. The van der Waals surface area contributed by atoms with Crippen LogP contribution in [0.5, 0.6) is 0 Å². The van der Waals surface area contributed by atoms with Gasteiger partial charge in [0.1, 0.15) is 6.04 Å². The van der Waals surface area contributed by atoms with Gasteiger partial charge in [-0.1, -0.05) is 0 Å². The van der Waals surface area contributed by atoms with Crippen molar-refractivity contribution in [1.82, 2.24) is 20.0 Å². The normalized spacial score (nSPS) is 11.9. The largest absolute Gasteiger partial charge is 0.480 e. The molecule has 0 aliphatic heterocycles. The number of nitrogens with one attached hydrogen (secondary N) is 1. The second-order valence-electron chi connectivity index (χ2n) is 3.63. The summed E-state index contributed by atoms with van der Waals surface area (Å²) in [6.07, 6.45) is 3.44. The molecule has 0 fully saturated rings. The molecule has 17 heavy (non-hydrogen) atoms. The number of aliphatic carboxylic acids is 1. The monoisotopic (exact) mass is 240 g/mol. The molecule has 2 amide bonds. The Labute approximate surface area is 99.0 Å². The first kappa shape index (κ1) is 13.0. The maximum atomic E-state index is 11.5. The fraction of sp³-hybridized carbons (Fsp3) is 0.500. The fourth-order valence-electron chi connectivity index (χ4n) is 1.18. The quantitative estimate of drug-likeness (QED) is 0.758. The molecule has 1 aromatic heterocycles. The van der Waals surface area contributed by atoms with E-state index in [1.807, 2.05) is 0 Å². The molecule has 1 heterocycles. The van der Waals surface area contributed by atoms with E-state index in [2.05, 4.69) is 10.4 Å². The lowest BCUT2D eigenvalue weighted by molar-refractivity contribution is -0.141. The second kappa shape index (κ2) is 5.88. The van der Waals surface area contributed by atoms with Gasteiger partial charge in [0.05, 0.1) is 6.54 Å². The average molecular weight is 240 g/mol. The molecule has 0 radical (unpaired) electrons. The molecular weight excluding hydrogens is 224 g/mol. The fourth-order valence-corrected chi connectivity index (χ4v) is 1.18. The van der Waals surface area contributed by atoms with Crippen LogP contribution in [-0.4, -0.2) is 51.4 Å². The number of amides is 2. The Kier molecular flexibility index (Phi) is 4.50. The van der Waals surface area contributed by atoms with E-state index in [1.165, 1.54) is 14.0 Å². The van der Waals surface area contributed by atoms with Crippen molar-refractivity contribution in [2.75, 3.05) is 13.6 Å². The third-order valence-corrected chi connectivity index (χ3v) is 2.44. The van der Waals surface area contributed by atoms with Crippen molar-refractivity contribution in [3.05, 3.63) is 18.5 Å². The van der Waals surface area contributed by atoms with E-state index in [9.17, 15) is 9.59 Å². The molecule has 1 aromatic rings. The van der Waals surface area contributed by atoms with Crippen molar-refractivity contribution in [2.45, 2.75) is 19.5 Å². The number of likely N-dealkylation sites (N-methyl/N-ethyl adjacent to an activating group) is 1. The first-order valence-corrected chi connectivity index (χ1v) is 5.23. The Morgan fingerprint density at radius 1 is 1.59 bits per heavy atom. The van der Waals surface area contributed by atoms with Crippen LogP contribution in [0.1, 0.15) is 6.92 Å². The van der Waals surface area contributed by atoms with Gasteiger partial charge in [0.15, 0.2) is 0 Å². The van der Waals surface area contributed by atoms with E-state index in [0.717, 1.165) is 4.90 Å². The number of aromatic nitrogens is 2. The number of rotatable bonds is 5. The molecule has 0 aliphatic carbocycles. The molecule has 7 nitrogen and oxygen atoms in total. The highest BCUT2D eigenvalue weighted by atomic mass is 16.4. The number of carbonyl (C=O) groups excluding carboxylic acids is 1. The molecule has 2 N–H and O–H groups in total. The highest BCUT2D eigenvalue weighted by molar-refractivity contribution is 5.82. The van der Waals surface area contributed by atoms with Crippen LogP contribution < -0.4 is 5.32 Å². The van der Waals surface area contributed by atoms with Crippen molar-refractivity contribution < 1.29 is 14.7 Å². The summed E-state index contributed by atoms with van der Waals surface area (Å²) in [7, 11) is 1.45. The van der Waals surface area contributed by atoms with Crippen LogP contribution in [0.2, 0.25) is 0 Å². The van der Waals surface area contributed by atoms with Crippen LogP contribution in [-0.2, 0) is 11.3 Å². The SMILES string of the molecule is CC(C(=O)O)N(C)C(=O)NCCn1cccn1. The Hall–Kier alpha value is -2.05. The molecule has 94 valence electrons. The maximum Gasteiger partial charge on any atom is 0.326 e. The van der Waals surface area contributed by atoms with Crippen LogP contribution >= 0.6 is 0 Å². The van der Waals surface area contributed by atoms with Gasteiger partial charge in [0, 0.05) is 26.0 Å². The van der Waals surface area contributed by atoms with Crippen molar-refractivity contribution in [3.63, 3.8) is 0 Å². The summed E-state index contributed by atoms with van der Waals surface area (Å²) in [5.74, 6) is -1.03. The first-order chi connectivity index (χ1) is 8.02. The number of carboxylic acids is 1. The van der Waals surface area contributed by atoms with Gasteiger partial charge in [0.25, 0.3) is 0 Å². The highest BCUT2D eigenvalue weighted by Crippen LogP contribution is 1.95. The molecular formula is C10H16N4O3. The Balaban J connectivity index is 2.32. The smallest absolute Gasteiger partial charge is 0.326 e. The number of carbonyl (C=O) groups is 2. The summed E-state index contributed by atoms with van der Waals surface area (Å²) >= 11 is 0. The van der Waals surface area contributed by atoms with Gasteiger partial charge < -0.3 is 15.3 Å². The molecule has 1 unspecified atom stereocenters. The lowest BCUT2D eigenvalue weighted by Gasteiger charge is -2.21. The van der Waals surface area contributed by atoms with Crippen molar-refractivity contribution >= 4 is 12.0 Å². The molecule has 1 rings (SSSR count). The number of nitrogens with zero attached hydrogens (tertiary/aromatic N) is 3. The van der Waals surface area contributed by atoms with E-state index in [0.29, 0.717) is 13.1 Å². The zero-order valence-electron chi connectivity index (χ0n) is 9.83. The van der Waals surface area contributed by atoms with Crippen molar-refractivity contribution in [2.24, 2.45) is 0 Å². The molecule has 0 saturated carbocycles. The van der Waals surface area contributed by atoms with E-state index in [1.54, 1.807) is 23.1 Å². The van der Waals surface area contributed by atoms with Crippen molar-refractivity contribution in [1.29, 1.82) is 0 Å². The van der Waals surface area contributed by atoms with Gasteiger partial charge in [0.2, 0.25) is 0 Å². The highest BCUT2D eigenvalue weighted by Gasteiger charge is 2.20. The van der Waals surface area contributed by atoms with Gasteiger partial charge in [-0.25, -0.2) is 9.59 Å². The van der Waals surface area contributed by atoms with Crippen LogP contribution in [0.25, 0.3) is 0 Å². The summed E-state index contributed by atoms with van der Waals surface area (Å²) in [6, 6.07) is 0.534.